The Kier molecular flexibility index (Phi) is 4.91. The van der Waals surface area contributed by atoms with E-state index in [1.165, 1.54) is 37.1 Å². The summed E-state index contributed by atoms with van der Waals surface area (Å²) < 4.78 is 59.6. The number of hydrogen-bond donors (Lipinski definition) is 0. The first-order valence-corrected chi connectivity index (χ1v) is 8.49. The normalized spacial score (nSPS) is 20.4. The van der Waals surface area contributed by atoms with Gasteiger partial charge < -0.3 is 9.64 Å². The molecule has 4 nitrogen and oxygen atoms in total. The highest BCUT2D eigenvalue weighted by Gasteiger charge is 2.49. The number of alkyl halides is 1. The fourth-order valence-corrected chi connectivity index (χ4v) is 3.24. The van der Waals surface area contributed by atoms with Gasteiger partial charge in [-0.1, -0.05) is 6.07 Å². The van der Waals surface area contributed by atoms with Gasteiger partial charge in [0, 0.05) is 14.0 Å². The Balaban J connectivity index is 2.26. The molecule has 2 aromatic carbocycles. The maximum atomic E-state index is 13.9. The van der Waals surface area contributed by atoms with Crippen molar-refractivity contribution in [3.8, 4) is 5.75 Å². The molecule has 0 radical (unpaired) electrons. The smallest absolute Gasteiger partial charge is 0.264 e. The second-order valence-corrected chi connectivity index (χ2v) is 6.63. The van der Waals surface area contributed by atoms with Crippen molar-refractivity contribution < 1.29 is 27.1 Å². The van der Waals surface area contributed by atoms with E-state index in [0.717, 1.165) is 12.1 Å². The van der Waals surface area contributed by atoms with Crippen LogP contribution < -0.4 is 4.74 Å². The lowest BCUT2D eigenvalue weighted by Crippen LogP contribution is -2.39. The van der Waals surface area contributed by atoms with Gasteiger partial charge in [-0.05, 0) is 54.8 Å². The maximum Gasteiger partial charge on any atom is 0.264 e. The third-order valence-electron chi connectivity index (χ3n) is 4.71. The van der Waals surface area contributed by atoms with Crippen LogP contribution in [0.4, 0.5) is 17.6 Å². The highest BCUT2D eigenvalue weighted by atomic mass is 19.2. The molecule has 3 rings (SSSR count). The topological polar surface area (TPSA) is 41.9 Å². The number of nitrogens with zero attached hydrogens (tertiary/aromatic N) is 2. The Morgan fingerprint density at radius 1 is 1.07 bits per heavy atom. The van der Waals surface area contributed by atoms with E-state index in [-0.39, 0.29) is 11.3 Å². The third-order valence-corrected chi connectivity index (χ3v) is 4.71. The number of hydrogen-bond acceptors (Lipinski definition) is 3. The molecule has 1 aliphatic rings. The van der Waals surface area contributed by atoms with E-state index >= 15 is 0 Å². The fraction of sp³-hybridized carbons (Fsp3) is 0.300. The van der Waals surface area contributed by atoms with Gasteiger partial charge in [-0.25, -0.2) is 22.6 Å². The molecule has 0 fully saturated rings. The van der Waals surface area contributed by atoms with Gasteiger partial charge in [0.2, 0.25) is 6.36 Å². The highest BCUT2D eigenvalue weighted by molar-refractivity contribution is 6.09. The van der Waals surface area contributed by atoms with Crippen molar-refractivity contribution in [1.82, 2.24) is 4.90 Å². The van der Waals surface area contributed by atoms with Gasteiger partial charge in [-0.15, -0.1) is 0 Å². The minimum atomic E-state index is -1.79. The van der Waals surface area contributed by atoms with Gasteiger partial charge in [0.05, 0.1) is 0 Å². The van der Waals surface area contributed by atoms with Crippen molar-refractivity contribution in [2.75, 3.05) is 7.05 Å². The first kappa shape index (κ1) is 19.9. The van der Waals surface area contributed by atoms with Crippen LogP contribution in [0.25, 0.3) is 0 Å². The van der Waals surface area contributed by atoms with Crippen molar-refractivity contribution >= 4 is 11.7 Å². The van der Waals surface area contributed by atoms with Crippen molar-refractivity contribution in [3.05, 3.63) is 64.5 Å². The number of rotatable bonds is 4. The average Bonchev–Trinajstić information content (AvgIpc) is 2.85. The number of aliphatic imine (C=N–C) groups is 1. The molecule has 8 heteroatoms. The number of benzene rings is 2. The summed E-state index contributed by atoms with van der Waals surface area (Å²) in [5, 5.41) is 0. The Morgan fingerprint density at radius 2 is 1.68 bits per heavy atom. The summed E-state index contributed by atoms with van der Waals surface area (Å²) in [5.41, 5.74) is -1.15. The van der Waals surface area contributed by atoms with Crippen LogP contribution >= 0.6 is 0 Å². The van der Waals surface area contributed by atoms with Crippen LogP contribution in [0.1, 0.15) is 30.5 Å². The molecule has 2 atom stereocenters. The third kappa shape index (κ3) is 3.02. The zero-order valence-electron chi connectivity index (χ0n) is 15.7. The number of amides is 1. The molecule has 0 aromatic heterocycles. The van der Waals surface area contributed by atoms with Crippen LogP contribution in [0, 0.1) is 24.4 Å². The van der Waals surface area contributed by atoms with E-state index in [1.54, 1.807) is 13.8 Å². The van der Waals surface area contributed by atoms with E-state index in [2.05, 4.69) is 4.99 Å². The molecule has 1 heterocycles. The summed E-state index contributed by atoms with van der Waals surface area (Å²) >= 11 is 0. The van der Waals surface area contributed by atoms with Crippen LogP contribution in [0.15, 0.2) is 35.3 Å². The number of carbonyl (C=O) groups is 1. The first-order valence-electron chi connectivity index (χ1n) is 8.49. The Hall–Kier alpha value is -2.90. The minimum Gasteiger partial charge on any atom is -0.460 e. The molecule has 0 aliphatic carbocycles. The summed E-state index contributed by atoms with van der Waals surface area (Å²) in [6.07, 6.45) is -1.54. The zero-order chi connectivity index (χ0) is 20.8. The Labute approximate surface area is 159 Å². The van der Waals surface area contributed by atoms with Gasteiger partial charge in [-0.2, -0.15) is 0 Å². The second kappa shape index (κ2) is 6.92. The second-order valence-electron chi connectivity index (χ2n) is 6.63. The standard InChI is InChI=1S/C20H18F4N2O2/c1-10-7-13(5-6-17(10)28-11(2)21)20(19(27)26(4)12(3)25-20)14-8-15(22)18(24)16(23)9-14/h5-9,11H,1-4H3. The summed E-state index contributed by atoms with van der Waals surface area (Å²) in [6.45, 7) is 4.44. The molecule has 0 saturated heterocycles. The van der Waals surface area contributed by atoms with Crippen LogP contribution in [0.3, 0.4) is 0 Å². The molecule has 1 aliphatic heterocycles. The highest BCUT2D eigenvalue weighted by Crippen LogP contribution is 2.42. The molecular weight excluding hydrogens is 376 g/mol. The van der Waals surface area contributed by atoms with E-state index in [0.29, 0.717) is 17.0 Å². The molecule has 28 heavy (non-hydrogen) atoms. The van der Waals surface area contributed by atoms with Crippen molar-refractivity contribution in [3.63, 3.8) is 0 Å². The lowest BCUT2D eigenvalue weighted by atomic mass is 9.82. The van der Waals surface area contributed by atoms with Gasteiger partial charge in [0.15, 0.2) is 23.0 Å². The van der Waals surface area contributed by atoms with Gasteiger partial charge >= 0.3 is 0 Å². The molecule has 2 aromatic rings. The summed E-state index contributed by atoms with van der Waals surface area (Å²) in [4.78, 5) is 18.7. The fourth-order valence-electron chi connectivity index (χ4n) is 3.24. The van der Waals surface area contributed by atoms with Crippen LogP contribution in [-0.4, -0.2) is 30.0 Å². The lowest BCUT2D eigenvalue weighted by molar-refractivity contribution is -0.129. The quantitative estimate of drug-likeness (QED) is 0.575. The first-order chi connectivity index (χ1) is 13.1. The maximum absolute atomic E-state index is 13.9. The van der Waals surface area contributed by atoms with Gasteiger partial charge in [0.1, 0.15) is 11.6 Å². The largest absolute Gasteiger partial charge is 0.460 e. The summed E-state index contributed by atoms with van der Waals surface area (Å²) in [5.74, 6) is -4.45. The number of ether oxygens (including phenoxy) is 1. The molecule has 148 valence electrons. The molecule has 2 unspecified atom stereocenters. The van der Waals surface area contributed by atoms with Crippen LogP contribution in [0.2, 0.25) is 0 Å². The van der Waals surface area contributed by atoms with Crippen LogP contribution in [0.5, 0.6) is 5.75 Å². The Morgan fingerprint density at radius 3 is 2.14 bits per heavy atom. The Bertz CT molecular complexity index is 967. The molecule has 1 amide bonds. The number of carbonyl (C=O) groups excluding carboxylic acids is 1. The predicted octanol–water partition coefficient (Wildman–Crippen LogP) is 4.24. The van der Waals surface area contributed by atoms with Crippen molar-refractivity contribution in [2.45, 2.75) is 32.7 Å². The predicted molar refractivity (Wildman–Crippen MR) is 95.4 cm³/mol. The average molecular weight is 394 g/mol. The lowest BCUT2D eigenvalue weighted by Gasteiger charge is -2.27. The zero-order valence-corrected chi connectivity index (χ0v) is 15.7. The van der Waals surface area contributed by atoms with Crippen molar-refractivity contribution in [2.24, 2.45) is 4.99 Å². The SMILES string of the molecule is CC1=NC(c2ccc(OC(C)F)c(C)c2)(c2cc(F)c(F)c(F)c2)C(=O)N1C. The molecular formula is C20H18F4N2O2. The molecule has 0 spiro atoms. The number of aryl methyl sites for hydroxylation is 1. The van der Waals surface area contributed by atoms with Gasteiger partial charge in [-0.3, -0.25) is 4.79 Å². The van der Waals surface area contributed by atoms with E-state index in [1.807, 2.05) is 0 Å². The van der Waals surface area contributed by atoms with E-state index in [4.69, 9.17) is 4.74 Å². The van der Waals surface area contributed by atoms with Crippen molar-refractivity contribution in [1.29, 1.82) is 0 Å². The number of halogens is 4. The number of likely N-dealkylation sites (N-methyl/N-ethyl adjacent to an activating group) is 1. The summed E-state index contributed by atoms with van der Waals surface area (Å²) in [7, 11) is 1.48. The van der Waals surface area contributed by atoms with E-state index in [9.17, 15) is 22.4 Å². The van der Waals surface area contributed by atoms with Crippen LogP contribution in [-0.2, 0) is 10.3 Å². The molecule has 0 N–H and O–H groups in total. The van der Waals surface area contributed by atoms with Gasteiger partial charge in [0.25, 0.3) is 5.91 Å². The monoisotopic (exact) mass is 394 g/mol. The number of amidine groups is 1. The van der Waals surface area contributed by atoms with E-state index < -0.39 is 35.3 Å². The molecule has 0 saturated carbocycles. The summed E-state index contributed by atoms with van der Waals surface area (Å²) in [6, 6.07) is 5.98. The molecule has 0 bridgehead atoms. The minimum absolute atomic E-state index is 0.149.